The second kappa shape index (κ2) is 14.9. The minimum atomic E-state index is 0. The molecule has 0 aromatic rings. The van der Waals surface area contributed by atoms with E-state index in [1.54, 1.807) is 14.2 Å². The van der Waals surface area contributed by atoms with Gasteiger partial charge in [-0.05, 0) is 13.3 Å². The fourth-order valence-corrected chi connectivity index (χ4v) is 1.01. The van der Waals surface area contributed by atoms with Crippen molar-refractivity contribution in [2.24, 2.45) is 4.99 Å². The number of hydrogen-bond donors (Lipinski definition) is 2. The standard InChI is InChI=1S/C10H23N3O2.HI/c1-4-11-10(13-7-9-15-3)12-6-5-8-14-2;/h4-9H2,1-3H3,(H2,11,12,13);1H. The Balaban J connectivity index is 0. The molecule has 0 saturated heterocycles. The van der Waals surface area contributed by atoms with Crippen LogP contribution in [0, 0.1) is 0 Å². The first-order chi connectivity index (χ1) is 7.35. The fraction of sp³-hybridized carbons (Fsp3) is 0.900. The highest BCUT2D eigenvalue weighted by atomic mass is 127. The van der Waals surface area contributed by atoms with Gasteiger partial charge < -0.3 is 20.1 Å². The minimum Gasteiger partial charge on any atom is -0.385 e. The predicted molar refractivity (Wildman–Crippen MR) is 77.8 cm³/mol. The highest BCUT2D eigenvalue weighted by molar-refractivity contribution is 14.0. The largest absolute Gasteiger partial charge is 0.385 e. The molecule has 0 rings (SSSR count). The number of hydrogen-bond acceptors (Lipinski definition) is 3. The van der Waals surface area contributed by atoms with Crippen LogP contribution in [0.2, 0.25) is 0 Å². The van der Waals surface area contributed by atoms with Gasteiger partial charge in [-0.2, -0.15) is 0 Å². The Kier molecular flexibility index (Phi) is 17.1. The van der Waals surface area contributed by atoms with Crippen molar-refractivity contribution in [1.82, 2.24) is 10.6 Å². The normalized spacial score (nSPS) is 10.8. The number of nitrogens with one attached hydrogen (secondary N) is 2. The highest BCUT2D eigenvalue weighted by Crippen LogP contribution is 1.82. The molecule has 0 amide bonds. The molecule has 2 N–H and O–H groups in total. The van der Waals surface area contributed by atoms with E-state index in [0.717, 1.165) is 38.6 Å². The first kappa shape index (κ1) is 18.3. The van der Waals surface area contributed by atoms with Crippen LogP contribution >= 0.6 is 24.0 Å². The van der Waals surface area contributed by atoms with Gasteiger partial charge in [-0.3, -0.25) is 4.99 Å². The lowest BCUT2D eigenvalue weighted by atomic mass is 10.5. The third-order valence-electron chi connectivity index (χ3n) is 1.72. The molecule has 0 spiro atoms. The average molecular weight is 345 g/mol. The van der Waals surface area contributed by atoms with Crippen molar-refractivity contribution >= 4 is 29.9 Å². The van der Waals surface area contributed by atoms with Gasteiger partial charge in [0, 0.05) is 40.5 Å². The molecule has 0 aromatic heterocycles. The maximum atomic E-state index is 4.95. The van der Waals surface area contributed by atoms with Gasteiger partial charge in [0.05, 0.1) is 6.61 Å². The fourth-order valence-electron chi connectivity index (χ4n) is 1.01. The van der Waals surface area contributed by atoms with Crippen molar-refractivity contribution in [2.45, 2.75) is 13.3 Å². The van der Waals surface area contributed by atoms with Gasteiger partial charge >= 0.3 is 0 Å². The lowest BCUT2D eigenvalue weighted by Crippen LogP contribution is -2.39. The van der Waals surface area contributed by atoms with Gasteiger partial charge in [0.25, 0.3) is 0 Å². The van der Waals surface area contributed by atoms with Crippen molar-refractivity contribution in [3.8, 4) is 0 Å². The molecule has 98 valence electrons. The maximum Gasteiger partial charge on any atom is 0.191 e. The minimum absolute atomic E-state index is 0. The average Bonchev–Trinajstić information content (AvgIpc) is 2.24. The van der Waals surface area contributed by atoms with Gasteiger partial charge in [0.2, 0.25) is 0 Å². The number of methoxy groups -OCH3 is 2. The molecular formula is C10H24IN3O2. The van der Waals surface area contributed by atoms with E-state index in [1.165, 1.54) is 0 Å². The van der Waals surface area contributed by atoms with Crippen LogP contribution in [0.3, 0.4) is 0 Å². The van der Waals surface area contributed by atoms with Crippen LogP contribution in [0.5, 0.6) is 0 Å². The summed E-state index contributed by atoms with van der Waals surface area (Å²) in [6.07, 6.45) is 0.942. The molecule has 0 aliphatic heterocycles. The SMILES string of the molecule is CCNC(=NCCCOC)NCCOC.I. The van der Waals surface area contributed by atoms with Crippen molar-refractivity contribution < 1.29 is 9.47 Å². The van der Waals surface area contributed by atoms with E-state index in [2.05, 4.69) is 15.6 Å². The molecule has 6 heteroatoms. The number of halogens is 1. The van der Waals surface area contributed by atoms with Crippen LogP contribution in [0.4, 0.5) is 0 Å². The summed E-state index contributed by atoms with van der Waals surface area (Å²) >= 11 is 0. The molecule has 16 heavy (non-hydrogen) atoms. The Bertz CT molecular complexity index is 168. The summed E-state index contributed by atoms with van der Waals surface area (Å²) in [5, 5.41) is 6.33. The molecule has 0 bridgehead atoms. The Hall–Kier alpha value is -0.0800. The molecule has 0 aromatic carbocycles. The van der Waals surface area contributed by atoms with Crippen molar-refractivity contribution in [1.29, 1.82) is 0 Å². The van der Waals surface area contributed by atoms with Crippen molar-refractivity contribution in [2.75, 3.05) is 47.1 Å². The second-order valence-corrected chi connectivity index (χ2v) is 3.03. The predicted octanol–water partition coefficient (Wildman–Crippen LogP) is 0.842. The molecule has 0 unspecified atom stereocenters. The van der Waals surface area contributed by atoms with Crippen LogP contribution in [0.1, 0.15) is 13.3 Å². The van der Waals surface area contributed by atoms with E-state index in [-0.39, 0.29) is 24.0 Å². The molecule has 0 fully saturated rings. The first-order valence-electron chi connectivity index (χ1n) is 5.35. The van der Waals surface area contributed by atoms with Crippen LogP contribution in [-0.2, 0) is 9.47 Å². The number of nitrogens with zero attached hydrogens (tertiary/aromatic N) is 1. The summed E-state index contributed by atoms with van der Waals surface area (Å²) in [6.45, 7) is 5.89. The van der Waals surface area contributed by atoms with Crippen molar-refractivity contribution in [3.63, 3.8) is 0 Å². The van der Waals surface area contributed by atoms with Crippen LogP contribution in [0.15, 0.2) is 4.99 Å². The molecule has 5 nitrogen and oxygen atoms in total. The van der Waals surface area contributed by atoms with E-state index in [9.17, 15) is 0 Å². The molecule has 0 aliphatic rings. The monoisotopic (exact) mass is 345 g/mol. The smallest absolute Gasteiger partial charge is 0.191 e. The van der Waals surface area contributed by atoms with Gasteiger partial charge in [-0.25, -0.2) is 0 Å². The number of aliphatic imine (C=N–C) groups is 1. The summed E-state index contributed by atoms with van der Waals surface area (Å²) in [6, 6.07) is 0. The summed E-state index contributed by atoms with van der Waals surface area (Å²) in [7, 11) is 3.39. The van der Waals surface area contributed by atoms with Gasteiger partial charge in [0.1, 0.15) is 0 Å². The van der Waals surface area contributed by atoms with E-state index >= 15 is 0 Å². The van der Waals surface area contributed by atoms with Gasteiger partial charge in [-0.1, -0.05) is 0 Å². The molecule has 0 aliphatic carbocycles. The Morgan fingerprint density at radius 1 is 1.12 bits per heavy atom. The molecule has 0 radical (unpaired) electrons. The summed E-state index contributed by atoms with van der Waals surface area (Å²) in [4.78, 5) is 4.38. The number of guanidine groups is 1. The third kappa shape index (κ3) is 12.0. The van der Waals surface area contributed by atoms with E-state index in [1.807, 2.05) is 6.92 Å². The first-order valence-corrected chi connectivity index (χ1v) is 5.35. The summed E-state index contributed by atoms with van der Waals surface area (Å²) in [5.74, 6) is 0.839. The Morgan fingerprint density at radius 3 is 2.38 bits per heavy atom. The van der Waals surface area contributed by atoms with Crippen LogP contribution < -0.4 is 10.6 Å². The molecular weight excluding hydrogens is 321 g/mol. The molecule has 0 saturated carbocycles. The zero-order valence-corrected chi connectivity index (χ0v) is 12.7. The topological polar surface area (TPSA) is 54.9 Å². The van der Waals surface area contributed by atoms with E-state index < -0.39 is 0 Å². The third-order valence-corrected chi connectivity index (χ3v) is 1.72. The van der Waals surface area contributed by atoms with Gasteiger partial charge in [0.15, 0.2) is 5.96 Å². The maximum absolute atomic E-state index is 4.95. The van der Waals surface area contributed by atoms with E-state index in [0.29, 0.717) is 6.61 Å². The van der Waals surface area contributed by atoms with E-state index in [4.69, 9.17) is 9.47 Å². The molecule has 0 heterocycles. The summed E-state index contributed by atoms with van der Waals surface area (Å²) in [5.41, 5.74) is 0. The zero-order valence-electron chi connectivity index (χ0n) is 10.4. The summed E-state index contributed by atoms with van der Waals surface area (Å²) < 4.78 is 9.90. The number of rotatable bonds is 8. The Morgan fingerprint density at radius 2 is 1.81 bits per heavy atom. The van der Waals surface area contributed by atoms with Crippen LogP contribution in [0.25, 0.3) is 0 Å². The lowest BCUT2D eigenvalue weighted by molar-refractivity contribution is 0.196. The van der Waals surface area contributed by atoms with Crippen molar-refractivity contribution in [3.05, 3.63) is 0 Å². The second-order valence-electron chi connectivity index (χ2n) is 3.03. The Labute approximate surface area is 115 Å². The lowest BCUT2D eigenvalue weighted by Gasteiger charge is -2.10. The zero-order chi connectivity index (χ0) is 11.4. The number of ether oxygens (including phenoxy) is 2. The molecule has 0 atom stereocenters. The van der Waals surface area contributed by atoms with Gasteiger partial charge in [-0.15, -0.1) is 24.0 Å². The quantitative estimate of drug-likeness (QED) is 0.296. The highest BCUT2D eigenvalue weighted by Gasteiger charge is 1.94. The van der Waals surface area contributed by atoms with Crippen LogP contribution in [-0.4, -0.2) is 53.0 Å².